The molecular weight excluding hydrogens is 583 g/mol. The van der Waals surface area contributed by atoms with Crippen LogP contribution < -0.4 is 45.3 Å². The number of carbonyl (C=O) groups is 4. The van der Waals surface area contributed by atoms with E-state index in [0.29, 0.717) is 0 Å². The molecule has 43 heavy (non-hydrogen) atoms. The average Bonchev–Trinajstić information content (AvgIpc) is 3.38. The standard InChI is InChI=1S/C14H20N2O6.C12H16N2O6.Na/c1-5-20-13(18)8-6-9(16-19)10(15-7(2)17)12-11(8)21-14(3,4)22-12;1-5(15)13-8-7(14-18)4-6(11(16)17)9-10(8)20-12(2,3)19-9;/h6,10-12,19H,5H2,1-4H3,(H,15,17);4,8-10,18H,1-3H3,(H,13,15)(H,16,17);/q;;+1/p-1/b16-9+;14-7+;/t10-,11-,12+;8-,9-,10+;/m11./s1. The second-order valence-electron chi connectivity index (χ2n) is 10.7. The van der Waals surface area contributed by atoms with Gasteiger partial charge in [-0.25, -0.2) is 4.79 Å². The molecule has 2 saturated heterocycles. The molecule has 6 atom stereocenters. The molecule has 0 spiro atoms. The van der Waals surface area contributed by atoms with Crippen molar-refractivity contribution in [3.05, 3.63) is 23.3 Å². The molecule has 2 heterocycles. The van der Waals surface area contributed by atoms with Gasteiger partial charge in [-0.3, -0.25) is 9.59 Å². The summed E-state index contributed by atoms with van der Waals surface area (Å²) in [6, 6.07) is -1.51. The molecule has 0 aromatic heterocycles. The number of carboxylic acid groups (broad SMARTS) is 1. The zero-order chi connectivity index (χ0) is 31.6. The summed E-state index contributed by atoms with van der Waals surface area (Å²) in [7, 11) is 0. The number of nitrogens with one attached hydrogen (secondary N) is 2. The summed E-state index contributed by atoms with van der Waals surface area (Å²) in [5.41, 5.74) is 0.101. The van der Waals surface area contributed by atoms with Crippen LogP contribution in [-0.2, 0) is 42.9 Å². The van der Waals surface area contributed by atoms with Crippen LogP contribution in [0.3, 0.4) is 0 Å². The van der Waals surface area contributed by atoms with Crippen LogP contribution in [-0.4, -0.2) is 100 Å². The van der Waals surface area contributed by atoms with Crippen molar-refractivity contribution in [1.82, 2.24) is 10.6 Å². The molecule has 4 aliphatic rings. The summed E-state index contributed by atoms with van der Waals surface area (Å²) in [5, 5.41) is 40.8. The summed E-state index contributed by atoms with van der Waals surface area (Å²) in [5.74, 6) is -4.65. The maximum atomic E-state index is 12.1. The predicted molar refractivity (Wildman–Crippen MR) is 139 cm³/mol. The smallest absolute Gasteiger partial charge is 0.545 e. The van der Waals surface area contributed by atoms with Crippen LogP contribution in [0, 0.1) is 0 Å². The van der Waals surface area contributed by atoms with Gasteiger partial charge in [0, 0.05) is 19.4 Å². The number of oxime groups is 2. The van der Waals surface area contributed by atoms with Gasteiger partial charge in [-0.15, -0.1) is 0 Å². The van der Waals surface area contributed by atoms with Gasteiger partial charge in [-0.2, -0.15) is 0 Å². The summed E-state index contributed by atoms with van der Waals surface area (Å²) in [6.45, 7) is 11.2. The molecule has 2 aliphatic heterocycles. The van der Waals surface area contributed by atoms with E-state index < -0.39 is 60.0 Å². The predicted octanol–water partition coefficient (Wildman–Crippen LogP) is -4.12. The molecule has 16 nitrogen and oxygen atoms in total. The van der Waals surface area contributed by atoms with E-state index in [9.17, 15) is 29.5 Å². The van der Waals surface area contributed by atoms with Gasteiger partial charge in [0.05, 0.1) is 18.1 Å². The molecule has 232 valence electrons. The third kappa shape index (κ3) is 8.41. The first-order chi connectivity index (χ1) is 19.5. The van der Waals surface area contributed by atoms with E-state index in [0.717, 1.165) is 6.08 Å². The Labute approximate surface area is 269 Å². The Balaban J connectivity index is 0.000000295. The van der Waals surface area contributed by atoms with E-state index in [-0.39, 0.29) is 70.5 Å². The van der Waals surface area contributed by atoms with Gasteiger partial charge < -0.3 is 54.6 Å². The molecule has 0 aromatic carbocycles. The molecule has 2 aliphatic carbocycles. The van der Waals surface area contributed by atoms with Crippen LogP contribution in [0.1, 0.15) is 48.5 Å². The SMILES string of the molecule is CC(=O)N[C@@H]1/C(=N/O)C=C(C(=O)[O-])[C@H]2OC(C)(C)O[C@H]21.CCOC(=O)C1=C/C(=N\O)[C@@H](NC(C)=O)[C@@H]2OC(C)(C)O[C@H]12.[Na+]. The second kappa shape index (κ2) is 14.3. The number of hydrogen-bond acceptors (Lipinski definition) is 14. The molecule has 2 fully saturated rings. The fourth-order valence-corrected chi connectivity index (χ4v) is 5.04. The molecule has 4 rings (SSSR count). The zero-order valence-corrected chi connectivity index (χ0v) is 27.2. The molecule has 2 amide bonds. The third-order valence-corrected chi connectivity index (χ3v) is 6.47. The van der Waals surface area contributed by atoms with Gasteiger partial charge in [0.25, 0.3) is 0 Å². The van der Waals surface area contributed by atoms with Crippen molar-refractivity contribution in [1.29, 1.82) is 0 Å². The third-order valence-electron chi connectivity index (χ3n) is 6.47. The first-order valence-electron chi connectivity index (χ1n) is 13.0. The molecule has 0 saturated carbocycles. The van der Waals surface area contributed by atoms with Crippen molar-refractivity contribution >= 4 is 35.2 Å². The Morgan fingerprint density at radius 2 is 1.23 bits per heavy atom. The van der Waals surface area contributed by atoms with Gasteiger partial charge in [0.15, 0.2) is 11.6 Å². The van der Waals surface area contributed by atoms with Crippen LogP contribution in [0.5, 0.6) is 0 Å². The van der Waals surface area contributed by atoms with Crippen molar-refractivity contribution in [3.63, 3.8) is 0 Å². The van der Waals surface area contributed by atoms with Crippen LogP contribution >= 0.6 is 0 Å². The van der Waals surface area contributed by atoms with Crippen molar-refractivity contribution in [2.24, 2.45) is 10.3 Å². The van der Waals surface area contributed by atoms with Gasteiger partial charge in [-0.1, -0.05) is 10.3 Å². The minimum absolute atomic E-state index is 0. The molecule has 4 N–H and O–H groups in total. The number of hydrogen-bond donors (Lipinski definition) is 4. The van der Waals surface area contributed by atoms with Crippen molar-refractivity contribution in [2.45, 2.75) is 96.5 Å². The van der Waals surface area contributed by atoms with Gasteiger partial charge >= 0.3 is 35.5 Å². The Morgan fingerprint density at radius 3 is 1.58 bits per heavy atom. The number of fused-ring (bicyclic) bond motifs is 2. The minimum atomic E-state index is -1.44. The van der Waals surface area contributed by atoms with Gasteiger partial charge in [0.1, 0.15) is 47.9 Å². The van der Waals surface area contributed by atoms with E-state index >= 15 is 0 Å². The normalized spacial score (nSPS) is 31.6. The summed E-state index contributed by atoms with van der Waals surface area (Å²) >= 11 is 0. The number of carboxylic acids is 1. The Kier molecular flexibility index (Phi) is 12.1. The number of ether oxygens (including phenoxy) is 5. The van der Waals surface area contributed by atoms with Crippen LogP contribution in [0.25, 0.3) is 0 Å². The van der Waals surface area contributed by atoms with E-state index in [1.54, 1.807) is 34.6 Å². The fourth-order valence-electron chi connectivity index (χ4n) is 5.04. The number of nitrogens with zero attached hydrogens (tertiary/aromatic N) is 2. The van der Waals surface area contributed by atoms with Gasteiger partial charge in [-0.05, 0) is 46.8 Å². The maximum Gasteiger partial charge on any atom is 1.00 e. The largest absolute Gasteiger partial charge is 1.00 e. The fraction of sp³-hybridized carbons (Fsp3) is 0.615. The molecule has 0 aromatic rings. The first kappa shape index (κ1) is 36.3. The molecule has 0 bridgehead atoms. The van der Waals surface area contributed by atoms with Crippen LogP contribution in [0.2, 0.25) is 0 Å². The maximum absolute atomic E-state index is 12.1. The van der Waals surface area contributed by atoms with E-state index in [1.807, 2.05) is 0 Å². The monoisotopic (exact) mass is 618 g/mol. The molecule has 0 unspecified atom stereocenters. The number of carbonyl (C=O) groups excluding carboxylic acids is 4. The van der Waals surface area contributed by atoms with Gasteiger partial charge in [0.2, 0.25) is 11.8 Å². The number of esters is 1. The van der Waals surface area contributed by atoms with Crippen molar-refractivity contribution < 1.29 is 87.9 Å². The second-order valence-corrected chi connectivity index (χ2v) is 10.7. The summed E-state index contributed by atoms with van der Waals surface area (Å²) in [4.78, 5) is 45.9. The van der Waals surface area contributed by atoms with Crippen LogP contribution in [0.4, 0.5) is 0 Å². The summed E-state index contributed by atoms with van der Waals surface area (Å²) in [6.07, 6.45) is -0.618. The number of aliphatic carboxylic acids is 1. The number of rotatable bonds is 5. The van der Waals surface area contributed by atoms with Crippen molar-refractivity contribution in [3.8, 4) is 0 Å². The van der Waals surface area contributed by atoms with E-state index in [4.69, 9.17) is 28.9 Å². The topological polar surface area (TPSA) is 227 Å². The Hall–Kier alpha value is -2.86. The Morgan fingerprint density at radius 1 is 0.837 bits per heavy atom. The molecule has 0 radical (unpaired) electrons. The average molecular weight is 619 g/mol. The molecular formula is C26H35N4NaO12. The quantitative estimate of drug-likeness (QED) is 0.0998. The Bertz CT molecular complexity index is 1240. The number of amides is 2. The van der Waals surface area contributed by atoms with E-state index in [1.165, 1.54) is 19.9 Å². The zero-order valence-electron chi connectivity index (χ0n) is 25.2. The summed E-state index contributed by atoms with van der Waals surface area (Å²) < 4.78 is 27.7. The minimum Gasteiger partial charge on any atom is -0.545 e. The first-order valence-corrected chi connectivity index (χ1v) is 13.0. The van der Waals surface area contributed by atoms with E-state index in [2.05, 4.69) is 20.9 Å². The molecule has 17 heteroatoms. The van der Waals surface area contributed by atoms with Crippen molar-refractivity contribution in [2.75, 3.05) is 6.61 Å². The van der Waals surface area contributed by atoms with Crippen LogP contribution in [0.15, 0.2) is 33.6 Å².